The van der Waals surface area contributed by atoms with Crippen molar-refractivity contribution in [3.05, 3.63) is 35.8 Å². The van der Waals surface area contributed by atoms with Gasteiger partial charge in [0.05, 0.1) is 9.83 Å². The van der Waals surface area contributed by atoms with Crippen LogP contribution in [0.5, 0.6) is 0 Å². The highest BCUT2D eigenvalue weighted by Crippen LogP contribution is 2.32. The van der Waals surface area contributed by atoms with Gasteiger partial charge >= 0.3 is 0 Å². The average molecular weight is 382 g/mol. The first-order chi connectivity index (χ1) is 7.66. The van der Waals surface area contributed by atoms with Crippen LogP contribution in [-0.2, 0) is 6.54 Å². The summed E-state index contributed by atoms with van der Waals surface area (Å²) in [5.41, 5.74) is 0. The molecule has 0 amide bonds. The lowest BCUT2D eigenvalue weighted by atomic mass is 10.3. The Morgan fingerprint density at radius 3 is 2.88 bits per heavy atom. The van der Waals surface area contributed by atoms with Gasteiger partial charge in [-0.1, -0.05) is 0 Å². The first-order valence-electron chi connectivity index (χ1n) is 4.73. The van der Waals surface area contributed by atoms with Crippen molar-refractivity contribution in [3.8, 4) is 0 Å². The van der Waals surface area contributed by atoms with E-state index in [-0.39, 0.29) is 0 Å². The topological polar surface area (TPSA) is 24.9 Å². The van der Waals surface area contributed by atoms with Gasteiger partial charge in [0.15, 0.2) is 0 Å². The molecular formula is C10H10Br2N2S2. The first kappa shape index (κ1) is 12.7. The molecule has 0 aliphatic rings. The molecule has 2 aromatic rings. The second-order valence-electron chi connectivity index (χ2n) is 3.31. The van der Waals surface area contributed by atoms with Crippen LogP contribution in [0.3, 0.4) is 0 Å². The minimum absolute atomic E-state index is 0.305. The Hall–Kier alpha value is 0.250. The predicted octanol–water partition coefficient (Wildman–Crippen LogP) is 4.58. The van der Waals surface area contributed by atoms with Gasteiger partial charge in [0.1, 0.15) is 5.01 Å². The zero-order valence-corrected chi connectivity index (χ0v) is 13.3. The van der Waals surface area contributed by atoms with E-state index in [0.717, 1.165) is 19.8 Å². The fourth-order valence-electron chi connectivity index (χ4n) is 1.27. The molecule has 0 aliphatic carbocycles. The molecule has 1 atom stereocenters. The number of nitrogens with zero attached hydrogens (tertiary/aromatic N) is 1. The molecule has 0 aliphatic heterocycles. The Morgan fingerprint density at radius 1 is 1.50 bits per heavy atom. The molecule has 86 valence electrons. The third kappa shape index (κ3) is 3.13. The predicted molar refractivity (Wildman–Crippen MR) is 77.1 cm³/mol. The maximum Gasteiger partial charge on any atom is 0.109 e. The van der Waals surface area contributed by atoms with Crippen molar-refractivity contribution >= 4 is 54.5 Å². The van der Waals surface area contributed by atoms with E-state index < -0.39 is 0 Å². The van der Waals surface area contributed by atoms with Crippen molar-refractivity contribution in [2.24, 2.45) is 0 Å². The van der Waals surface area contributed by atoms with E-state index >= 15 is 0 Å². The van der Waals surface area contributed by atoms with Gasteiger partial charge in [-0.15, -0.1) is 22.7 Å². The van der Waals surface area contributed by atoms with Gasteiger partial charge in [-0.05, 0) is 44.8 Å². The molecule has 0 spiro atoms. The highest BCUT2D eigenvalue weighted by molar-refractivity contribution is 9.13. The zero-order chi connectivity index (χ0) is 11.5. The largest absolute Gasteiger partial charge is 0.303 e. The number of hydrogen-bond donors (Lipinski definition) is 1. The number of thiazole rings is 1. The summed E-state index contributed by atoms with van der Waals surface area (Å²) >= 11 is 10.4. The summed E-state index contributed by atoms with van der Waals surface area (Å²) < 4.78 is 2.27. The quantitative estimate of drug-likeness (QED) is 0.838. The van der Waals surface area contributed by atoms with Crippen LogP contribution in [0.1, 0.15) is 22.9 Å². The van der Waals surface area contributed by atoms with Crippen molar-refractivity contribution in [3.63, 3.8) is 0 Å². The number of nitrogens with one attached hydrogen (secondary N) is 1. The van der Waals surface area contributed by atoms with Gasteiger partial charge in [-0.3, -0.25) is 0 Å². The van der Waals surface area contributed by atoms with Crippen LogP contribution < -0.4 is 5.32 Å². The van der Waals surface area contributed by atoms with Crippen molar-refractivity contribution in [2.75, 3.05) is 0 Å². The van der Waals surface area contributed by atoms with E-state index in [4.69, 9.17) is 0 Å². The van der Waals surface area contributed by atoms with Crippen LogP contribution >= 0.6 is 54.5 Å². The van der Waals surface area contributed by atoms with E-state index in [2.05, 4.69) is 55.2 Å². The Labute approximate surface area is 119 Å². The molecular weight excluding hydrogens is 372 g/mol. The fraction of sp³-hybridized carbons (Fsp3) is 0.300. The van der Waals surface area contributed by atoms with Crippen molar-refractivity contribution in [1.29, 1.82) is 0 Å². The SMILES string of the molecule is CC(NCc1cc(Br)c(Br)s1)c1nccs1. The van der Waals surface area contributed by atoms with Crippen LogP contribution in [-0.4, -0.2) is 4.98 Å². The second-order valence-corrected chi connectivity index (χ2v) is 7.54. The third-order valence-electron chi connectivity index (χ3n) is 2.10. The first-order valence-corrected chi connectivity index (χ1v) is 8.01. The molecule has 2 rings (SSSR count). The molecule has 16 heavy (non-hydrogen) atoms. The minimum atomic E-state index is 0.305. The van der Waals surface area contributed by atoms with Crippen LogP contribution in [0, 0.1) is 0 Å². The zero-order valence-electron chi connectivity index (χ0n) is 8.54. The van der Waals surface area contributed by atoms with E-state index in [0.29, 0.717) is 6.04 Å². The summed E-state index contributed by atoms with van der Waals surface area (Å²) in [7, 11) is 0. The summed E-state index contributed by atoms with van der Waals surface area (Å²) in [6, 6.07) is 2.44. The normalized spacial score (nSPS) is 12.9. The molecule has 0 aromatic carbocycles. The summed E-state index contributed by atoms with van der Waals surface area (Å²) in [4.78, 5) is 5.60. The molecule has 0 saturated heterocycles. The fourth-order valence-corrected chi connectivity index (χ4v) is 4.07. The Balaban J connectivity index is 1.92. The van der Waals surface area contributed by atoms with Crippen molar-refractivity contribution < 1.29 is 0 Å². The molecule has 1 N–H and O–H groups in total. The maximum atomic E-state index is 4.29. The molecule has 2 nitrogen and oxygen atoms in total. The van der Waals surface area contributed by atoms with Crippen LogP contribution in [0.25, 0.3) is 0 Å². The van der Waals surface area contributed by atoms with E-state index in [1.165, 1.54) is 4.88 Å². The monoisotopic (exact) mass is 380 g/mol. The van der Waals surface area contributed by atoms with Crippen LogP contribution in [0.2, 0.25) is 0 Å². The molecule has 0 saturated carbocycles. The second kappa shape index (κ2) is 5.73. The van der Waals surface area contributed by atoms with E-state index in [9.17, 15) is 0 Å². The van der Waals surface area contributed by atoms with Crippen molar-refractivity contribution in [1.82, 2.24) is 10.3 Å². The van der Waals surface area contributed by atoms with Gasteiger partial charge in [-0.2, -0.15) is 0 Å². The number of rotatable bonds is 4. The van der Waals surface area contributed by atoms with Gasteiger partial charge in [0.2, 0.25) is 0 Å². The Morgan fingerprint density at radius 2 is 2.31 bits per heavy atom. The standard InChI is InChI=1S/C10H10Br2N2S2/c1-6(10-13-2-3-15-10)14-5-7-4-8(11)9(12)16-7/h2-4,6,14H,5H2,1H3. The molecule has 2 heterocycles. The molecule has 0 radical (unpaired) electrons. The summed E-state index contributed by atoms with van der Waals surface area (Å²) in [6.07, 6.45) is 1.84. The van der Waals surface area contributed by atoms with Crippen LogP contribution in [0.15, 0.2) is 25.9 Å². The minimum Gasteiger partial charge on any atom is -0.303 e. The van der Waals surface area contributed by atoms with Gasteiger partial charge in [0, 0.05) is 27.5 Å². The smallest absolute Gasteiger partial charge is 0.109 e. The lowest BCUT2D eigenvalue weighted by Crippen LogP contribution is -2.17. The Bertz CT molecular complexity index is 434. The lowest BCUT2D eigenvalue weighted by Gasteiger charge is -2.09. The number of thiophene rings is 1. The molecule has 1 unspecified atom stereocenters. The number of aromatic nitrogens is 1. The summed E-state index contributed by atoms with van der Waals surface area (Å²) in [5.74, 6) is 0. The average Bonchev–Trinajstić information content (AvgIpc) is 2.86. The lowest BCUT2D eigenvalue weighted by molar-refractivity contribution is 0.576. The van der Waals surface area contributed by atoms with E-state index in [1.807, 2.05) is 11.6 Å². The summed E-state index contributed by atoms with van der Waals surface area (Å²) in [5, 5.41) is 6.60. The van der Waals surface area contributed by atoms with E-state index in [1.54, 1.807) is 22.7 Å². The number of halogens is 2. The molecule has 0 bridgehead atoms. The van der Waals surface area contributed by atoms with Gasteiger partial charge in [-0.25, -0.2) is 4.98 Å². The highest BCUT2D eigenvalue weighted by atomic mass is 79.9. The Kier molecular flexibility index (Phi) is 4.55. The molecule has 2 aromatic heterocycles. The van der Waals surface area contributed by atoms with Crippen LogP contribution in [0.4, 0.5) is 0 Å². The molecule has 6 heteroatoms. The molecule has 0 fully saturated rings. The maximum absolute atomic E-state index is 4.29. The summed E-state index contributed by atoms with van der Waals surface area (Å²) in [6.45, 7) is 3.01. The van der Waals surface area contributed by atoms with Gasteiger partial charge < -0.3 is 5.32 Å². The third-order valence-corrected chi connectivity index (χ3v) is 6.31. The highest BCUT2D eigenvalue weighted by Gasteiger charge is 2.09. The van der Waals surface area contributed by atoms with Gasteiger partial charge in [0.25, 0.3) is 0 Å². The van der Waals surface area contributed by atoms with Crippen molar-refractivity contribution in [2.45, 2.75) is 19.5 Å². The number of hydrogen-bond acceptors (Lipinski definition) is 4.